The summed E-state index contributed by atoms with van der Waals surface area (Å²) in [6.45, 7) is 1.80. The molecule has 4 nitrogen and oxygen atoms in total. The van der Waals surface area contributed by atoms with Crippen LogP contribution < -0.4 is 11.1 Å². The number of halogens is 1. The van der Waals surface area contributed by atoms with Gasteiger partial charge < -0.3 is 11.1 Å². The van der Waals surface area contributed by atoms with E-state index < -0.39 is 0 Å². The molecule has 0 radical (unpaired) electrons. The molecule has 1 heterocycles. The number of amides is 1. The van der Waals surface area contributed by atoms with Crippen molar-refractivity contribution in [3.63, 3.8) is 0 Å². The van der Waals surface area contributed by atoms with E-state index in [2.05, 4.69) is 32.9 Å². The number of hydrogen-bond acceptors (Lipinski definition) is 3. The average Bonchev–Trinajstić information content (AvgIpc) is 2.31. The smallest absolute Gasteiger partial charge is 0.255 e. The first kappa shape index (κ1) is 12.8. The fraction of sp³-hybridized carbons (Fsp3) is 0.0769. The fourth-order valence-corrected chi connectivity index (χ4v) is 1.92. The minimum atomic E-state index is -0.187. The zero-order valence-corrected chi connectivity index (χ0v) is 11.9. The van der Waals surface area contributed by atoms with Gasteiger partial charge in [-0.25, -0.2) is 4.98 Å². The molecule has 0 saturated carbocycles. The van der Waals surface area contributed by atoms with Crippen molar-refractivity contribution in [3.05, 3.63) is 51.2 Å². The van der Waals surface area contributed by atoms with E-state index in [4.69, 9.17) is 5.73 Å². The van der Waals surface area contributed by atoms with Gasteiger partial charge in [0, 0.05) is 20.5 Å². The summed E-state index contributed by atoms with van der Waals surface area (Å²) in [5.41, 5.74) is 7.61. The normalized spacial score (nSPS) is 10.1. The van der Waals surface area contributed by atoms with E-state index >= 15 is 0 Å². The molecular weight excluding hydrogens is 341 g/mol. The van der Waals surface area contributed by atoms with Gasteiger partial charge in [0.25, 0.3) is 5.91 Å². The molecule has 0 saturated heterocycles. The van der Waals surface area contributed by atoms with Gasteiger partial charge in [0.15, 0.2) is 0 Å². The number of rotatable bonds is 2. The molecule has 5 heteroatoms. The van der Waals surface area contributed by atoms with Crippen LogP contribution in [0.25, 0.3) is 0 Å². The van der Waals surface area contributed by atoms with Gasteiger partial charge >= 0.3 is 0 Å². The quantitative estimate of drug-likeness (QED) is 0.816. The second kappa shape index (κ2) is 5.34. The molecule has 0 aliphatic rings. The van der Waals surface area contributed by atoms with Crippen LogP contribution in [0.5, 0.6) is 0 Å². The molecule has 1 amide bonds. The lowest BCUT2D eigenvalue weighted by molar-refractivity contribution is 0.102. The highest BCUT2D eigenvalue weighted by molar-refractivity contribution is 14.1. The lowest BCUT2D eigenvalue weighted by Crippen LogP contribution is -2.13. The highest BCUT2D eigenvalue weighted by atomic mass is 127. The molecule has 0 atom stereocenters. The van der Waals surface area contributed by atoms with Crippen LogP contribution in [0.3, 0.4) is 0 Å². The number of nitrogens with one attached hydrogen (secondary N) is 1. The Morgan fingerprint density at radius 1 is 1.28 bits per heavy atom. The molecule has 18 heavy (non-hydrogen) atoms. The van der Waals surface area contributed by atoms with Gasteiger partial charge in [0.1, 0.15) is 5.82 Å². The lowest BCUT2D eigenvalue weighted by atomic mass is 10.2. The summed E-state index contributed by atoms with van der Waals surface area (Å²) in [7, 11) is 0. The maximum atomic E-state index is 12.0. The molecule has 2 aromatic rings. The molecule has 92 valence electrons. The van der Waals surface area contributed by atoms with Crippen LogP contribution in [-0.4, -0.2) is 10.9 Å². The van der Waals surface area contributed by atoms with Crippen molar-refractivity contribution in [2.75, 3.05) is 11.1 Å². The molecule has 1 aromatic carbocycles. The van der Waals surface area contributed by atoms with Crippen LogP contribution in [0.1, 0.15) is 16.1 Å². The van der Waals surface area contributed by atoms with Gasteiger partial charge in [-0.15, -0.1) is 0 Å². The van der Waals surface area contributed by atoms with E-state index in [0.717, 1.165) is 15.0 Å². The summed E-state index contributed by atoms with van der Waals surface area (Å²) in [5.74, 6) is 0.163. The third kappa shape index (κ3) is 3.19. The van der Waals surface area contributed by atoms with E-state index in [9.17, 15) is 4.79 Å². The summed E-state index contributed by atoms with van der Waals surface area (Å²) < 4.78 is 1.12. The minimum absolute atomic E-state index is 0.187. The van der Waals surface area contributed by atoms with E-state index in [0.29, 0.717) is 11.4 Å². The summed E-state index contributed by atoms with van der Waals surface area (Å²) >= 11 is 2.21. The van der Waals surface area contributed by atoms with E-state index in [1.54, 1.807) is 19.1 Å². The first-order chi connectivity index (χ1) is 8.54. The van der Waals surface area contributed by atoms with E-state index in [1.165, 1.54) is 0 Å². The molecule has 0 unspecified atom stereocenters. The Bertz CT molecular complexity index is 561. The van der Waals surface area contributed by atoms with E-state index in [1.807, 2.05) is 24.3 Å². The van der Waals surface area contributed by atoms with Gasteiger partial charge in [-0.3, -0.25) is 4.79 Å². The maximum absolute atomic E-state index is 12.0. The predicted molar refractivity (Wildman–Crippen MR) is 80.5 cm³/mol. The van der Waals surface area contributed by atoms with Gasteiger partial charge in [0.2, 0.25) is 0 Å². The standard InChI is InChI=1S/C13H12IN3O/c1-8-6-9(7-12(15)16-8)13(18)17-11-4-2-10(14)3-5-11/h2-7H,1H3,(H2,15,16)(H,17,18). The summed E-state index contributed by atoms with van der Waals surface area (Å²) in [5, 5.41) is 2.81. The van der Waals surface area contributed by atoms with Gasteiger partial charge in [-0.1, -0.05) is 0 Å². The number of anilines is 2. The Kier molecular flexibility index (Phi) is 3.81. The molecule has 0 spiro atoms. The van der Waals surface area contributed by atoms with Crippen LogP contribution in [-0.2, 0) is 0 Å². The van der Waals surface area contributed by atoms with Crippen molar-refractivity contribution >= 4 is 40.0 Å². The lowest BCUT2D eigenvalue weighted by Gasteiger charge is -2.06. The molecule has 2 rings (SSSR count). The zero-order valence-electron chi connectivity index (χ0n) is 9.77. The number of hydrogen-bond donors (Lipinski definition) is 2. The highest BCUT2D eigenvalue weighted by Crippen LogP contribution is 2.14. The topological polar surface area (TPSA) is 68.0 Å². The number of nitrogens with two attached hydrogens (primary N) is 1. The number of aromatic nitrogens is 1. The number of carbonyl (C=O) groups is 1. The van der Waals surface area contributed by atoms with Gasteiger partial charge in [-0.05, 0) is 65.9 Å². The Labute approximate surface area is 119 Å². The Hall–Kier alpha value is -1.63. The summed E-state index contributed by atoms with van der Waals surface area (Å²) in [4.78, 5) is 16.0. The third-order valence-electron chi connectivity index (χ3n) is 2.34. The van der Waals surface area contributed by atoms with Crippen molar-refractivity contribution in [2.45, 2.75) is 6.92 Å². The molecule has 1 aromatic heterocycles. The first-order valence-electron chi connectivity index (χ1n) is 5.36. The monoisotopic (exact) mass is 353 g/mol. The molecule has 3 N–H and O–H groups in total. The molecule has 0 aliphatic carbocycles. The summed E-state index contributed by atoms with van der Waals surface area (Å²) in [6, 6.07) is 10.9. The van der Waals surface area contributed by atoms with Crippen molar-refractivity contribution in [3.8, 4) is 0 Å². The predicted octanol–water partition coefficient (Wildman–Crippen LogP) is 2.83. The molecular formula is C13H12IN3O. The zero-order chi connectivity index (χ0) is 13.1. The van der Waals surface area contributed by atoms with Crippen LogP contribution in [0.4, 0.5) is 11.5 Å². The average molecular weight is 353 g/mol. The Morgan fingerprint density at radius 2 is 1.94 bits per heavy atom. The maximum Gasteiger partial charge on any atom is 0.255 e. The Morgan fingerprint density at radius 3 is 2.56 bits per heavy atom. The minimum Gasteiger partial charge on any atom is -0.384 e. The molecule has 0 fully saturated rings. The Balaban J connectivity index is 2.19. The highest BCUT2D eigenvalue weighted by Gasteiger charge is 2.07. The number of nitrogen functional groups attached to an aromatic ring is 1. The van der Waals surface area contributed by atoms with Crippen molar-refractivity contribution in [1.82, 2.24) is 4.98 Å². The number of pyridine rings is 1. The van der Waals surface area contributed by atoms with Crippen LogP contribution in [0.2, 0.25) is 0 Å². The number of aryl methyl sites for hydroxylation is 1. The van der Waals surface area contributed by atoms with E-state index in [-0.39, 0.29) is 5.91 Å². The third-order valence-corrected chi connectivity index (χ3v) is 3.06. The molecule has 0 bridgehead atoms. The van der Waals surface area contributed by atoms with Crippen LogP contribution in [0.15, 0.2) is 36.4 Å². The van der Waals surface area contributed by atoms with Crippen LogP contribution in [0, 0.1) is 10.5 Å². The van der Waals surface area contributed by atoms with Gasteiger partial charge in [-0.2, -0.15) is 0 Å². The SMILES string of the molecule is Cc1cc(C(=O)Nc2ccc(I)cc2)cc(N)n1. The van der Waals surface area contributed by atoms with Crippen molar-refractivity contribution in [1.29, 1.82) is 0 Å². The van der Waals surface area contributed by atoms with Crippen molar-refractivity contribution in [2.24, 2.45) is 0 Å². The second-order valence-corrected chi connectivity index (χ2v) is 5.13. The largest absolute Gasteiger partial charge is 0.384 e. The van der Waals surface area contributed by atoms with Crippen molar-refractivity contribution < 1.29 is 4.79 Å². The van der Waals surface area contributed by atoms with Gasteiger partial charge in [0.05, 0.1) is 0 Å². The van der Waals surface area contributed by atoms with Crippen LogP contribution >= 0.6 is 22.6 Å². The second-order valence-electron chi connectivity index (χ2n) is 3.88. The number of nitrogens with zero attached hydrogens (tertiary/aromatic N) is 1. The first-order valence-corrected chi connectivity index (χ1v) is 6.43. The number of carbonyl (C=O) groups excluding carboxylic acids is 1. The number of benzene rings is 1. The summed E-state index contributed by atoms with van der Waals surface area (Å²) in [6.07, 6.45) is 0. The fourth-order valence-electron chi connectivity index (χ4n) is 1.56. The molecule has 0 aliphatic heterocycles.